The van der Waals surface area contributed by atoms with E-state index in [0.717, 1.165) is 10.9 Å². The van der Waals surface area contributed by atoms with Crippen molar-refractivity contribution < 1.29 is 9.53 Å². The second-order valence-corrected chi connectivity index (χ2v) is 6.97. The zero-order chi connectivity index (χ0) is 13.3. The van der Waals surface area contributed by atoms with E-state index < -0.39 is 5.60 Å². The van der Waals surface area contributed by atoms with Gasteiger partial charge in [0.15, 0.2) is 0 Å². The molecule has 1 unspecified atom stereocenters. The average Bonchev–Trinajstić information content (AvgIpc) is 2.71. The Balaban J connectivity index is 1.83. The van der Waals surface area contributed by atoms with Crippen molar-refractivity contribution in [2.45, 2.75) is 17.8 Å². The van der Waals surface area contributed by atoms with E-state index in [1.54, 1.807) is 0 Å². The molecular formula is C16H14O2Se. The normalized spacial score (nSPS) is 21.0. The van der Waals surface area contributed by atoms with Crippen molar-refractivity contribution in [1.29, 1.82) is 0 Å². The molecule has 0 bridgehead atoms. The van der Waals surface area contributed by atoms with Crippen molar-refractivity contribution in [1.82, 2.24) is 0 Å². The van der Waals surface area contributed by atoms with Gasteiger partial charge in [0.1, 0.15) is 0 Å². The minimum absolute atomic E-state index is 0.193. The van der Waals surface area contributed by atoms with E-state index in [1.165, 1.54) is 4.46 Å². The average molecular weight is 317 g/mol. The Morgan fingerprint density at radius 1 is 1.05 bits per heavy atom. The Labute approximate surface area is 118 Å². The van der Waals surface area contributed by atoms with Crippen LogP contribution in [0.4, 0.5) is 0 Å². The van der Waals surface area contributed by atoms with Gasteiger partial charge in [0.05, 0.1) is 0 Å². The fraction of sp³-hybridized carbons (Fsp3) is 0.188. The van der Waals surface area contributed by atoms with Crippen LogP contribution in [0.1, 0.15) is 22.8 Å². The van der Waals surface area contributed by atoms with Crippen molar-refractivity contribution in [2.24, 2.45) is 0 Å². The molecule has 1 atom stereocenters. The van der Waals surface area contributed by atoms with Crippen molar-refractivity contribution >= 4 is 25.4 Å². The molecule has 0 saturated heterocycles. The molecule has 0 radical (unpaired) electrons. The van der Waals surface area contributed by atoms with Crippen LogP contribution in [0.25, 0.3) is 0 Å². The zero-order valence-corrected chi connectivity index (χ0v) is 12.3. The molecule has 0 aliphatic carbocycles. The van der Waals surface area contributed by atoms with Gasteiger partial charge in [-0.25, -0.2) is 0 Å². The first-order valence-corrected chi connectivity index (χ1v) is 8.26. The van der Waals surface area contributed by atoms with Crippen LogP contribution in [0.5, 0.6) is 0 Å². The second-order valence-electron chi connectivity index (χ2n) is 4.77. The Morgan fingerprint density at radius 3 is 2.53 bits per heavy atom. The molecule has 0 spiro atoms. The molecule has 3 heteroatoms. The van der Waals surface area contributed by atoms with Gasteiger partial charge < -0.3 is 0 Å². The Morgan fingerprint density at radius 2 is 1.74 bits per heavy atom. The van der Waals surface area contributed by atoms with Crippen LogP contribution in [0.2, 0.25) is 5.32 Å². The first kappa shape index (κ1) is 12.5. The Hall–Kier alpha value is -1.57. The molecule has 2 nitrogen and oxygen atoms in total. The fourth-order valence-corrected chi connectivity index (χ4v) is 4.39. The third-order valence-corrected chi connectivity index (χ3v) is 6.02. The van der Waals surface area contributed by atoms with Crippen molar-refractivity contribution in [3.8, 4) is 0 Å². The van der Waals surface area contributed by atoms with Gasteiger partial charge >= 0.3 is 118 Å². The summed E-state index contributed by atoms with van der Waals surface area (Å²) in [6.07, 6.45) is 0. The van der Waals surface area contributed by atoms with Crippen molar-refractivity contribution in [3.63, 3.8) is 0 Å². The predicted octanol–water partition coefficient (Wildman–Crippen LogP) is 2.52. The summed E-state index contributed by atoms with van der Waals surface area (Å²) >= 11 is 0.299. The summed E-state index contributed by atoms with van der Waals surface area (Å²) in [5.41, 5.74) is 1.27. The Bertz CT molecular complexity index is 609. The second kappa shape index (κ2) is 4.84. The molecule has 0 aromatic heterocycles. The van der Waals surface area contributed by atoms with E-state index in [-0.39, 0.29) is 5.97 Å². The SMILES string of the molecule is CC1(C[Se]c2ccccc2)OC(=O)c2ccccc21. The van der Waals surface area contributed by atoms with Gasteiger partial charge in [-0.2, -0.15) is 0 Å². The third kappa shape index (κ3) is 2.32. The van der Waals surface area contributed by atoms with Gasteiger partial charge in [-0.1, -0.05) is 0 Å². The molecule has 3 rings (SSSR count). The molecule has 96 valence electrons. The number of cyclic esters (lactones) is 1. The summed E-state index contributed by atoms with van der Waals surface area (Å²) < 4.78 is 6.95. The van der Waals surface area contributed by atoms with E-state index in [1.807, 2.05) is 49.4 Å². The number of fused-ring (bicyclic) bond motifs is 1. The van der Waals surface area contributed by atoms with Crippen LogP contribution >= 0.6 is 0 Å². The van der Waals surface area contributed by atoms with Gasteiger partial charge in [0, 0.05) is 0 Å². The standard InChI is InChI=1S/C16H14O2Se/c1-16(11-19-12-7-3-2-4-8-12)14-10-6-5-9-13(14)15(17)18-16/h2-10H,11H2,1H3. The molecule has 0 saturated carbocycles. The molecule has 1 aliphatic rings. The monoisotopic (exact) mass is 318 g/mol. The maximum atomic E-state index is 11.9. The Kier molecular flexibility index (Phi) is 3.17. The number of benzene rings is 2. The van der Waals surface area contributed by atoms with Gasteiger partial charge in [0.2, 0.25) is 0 Å². The first-order chi connectivity index (χ1) is 9.19. The van der Waals surface area contributed by atoms with E-state index in [9.17, 15) is 4.79 Å². The molecule has 0 amide bonds. The van der Waals surface area contributed by atoms with Crippen molar-refractivity contribution in [2.75, 3.05) is 0 Å². The molecule has 2 aromatic rings. The summed E-state index contributed by atoms with van der Waals surface area (Å²) in [7, 11) is 0. The summed E-state index contributed by atoms with van der Waals surface area (Å²) in [4.78, 5) is 11.9. The van der Waals surface area contributed by atoms with E-state index in [2.05, 4.69) is 12.1 Å². The van der Waals surface area contributed by atoms with E-state index >= 15 is 0 Å². The molecule has 0 fully saturated rings. The predicted molar refractivity (Wildman–Crippen MR) is 75.8 cm³/mol. The number of carbonyl (C=O) groups excluding carboxylic acids is 1. The van der Waals surface area contributed by atoms with Crippen LogP contribution in [0.15, 0.2) is 54.6 Å². The van der Waals surface area contributed by atoms with Crippen LogP contribution in [0, 0.1) is 0 Å². The topological polar surface area (TPSA) is 26.3 Å². The number of carbonyl (C=O) groups is 1. The zero-order valence-electron chi connectivity index (χ0n) is 10.6. The minimum atomic E-state index is -0.469. The van der Waals surface area contributed by atoms with Gasteiger partial charge in [-0.15, -0.1) is 0 Å². The summed E-state index contributed by atoms with van der Waals surface area (Å²) in [6.45, 7) is 2.02. The molecular weight excluding hydrogens is 303 g/mol. The van der Waals surface area contributed by atoms with Crippen LogP contribution in [0.3, 0.4) is 0 Å². The van der Waals surface area contributed by atoms with Gasteiger partial charge in [-0.3, -0.25) is 0 Å². The van der Waals surface area contributed by atoms with Crippen molar-refractivity contribution in [3.05, 3.63) is 65.7 Å². The number of rotatable bonds is 3. The number of ether oxygens (including phenoxy) is 1. The molecule has 1 heterocycles. The quantitative estimate of drug-likeness (QED) is 0.642. The van der Waals surface area contributed by atoms with Gasteiger partial charge in [0.25, 0.3) is 0 Å². The number of hydrogen-bond acceptors (Lipinski definition) is 2. The first-order valence-electron chi connectivity index (χ1n) is 6.20. The molecule has 0 N–H and O–H groups in total. The third-order valence-electron chi connectivity index (χ3n) is 3.29. The van der Waals surface area contributed by atoms with E-state index in [4.69, 9.17) is 4.74 Å². The summed E-state index contributed by atoms with van der Waals surface area (Å²) in [5, 5.41) is 0.868. The number of hydrogen-bond donors (Lipinski definition) is 0. The maximum absolute atomic E-state index is 11.9. The summed E-state index contributed by atoms with van der Waals surface area (Å²) in [6, 6.07) is 18.1. The summed E-state index contributed by atoms with van der Waals surface area (Å²) in [5.74, 6) is -0.193. The number of esters is 1. The molecule has 1 aliphatic heterocycles. The van der Waals surface area contributed by atoms with Gasteiger partial charge in [-0.05, 0) is 0 Å². The van der Waals surface area contributed by atoms with Crippen LogP contribution < -0.4 is 4.46 Å². The van der Waals surface area contributed by atoms with E-state index in [0.29, 0.717) is 20.5 Å². The molecule has 2 aromatic carbocycles. The molecule has 19 heavy (non-hydrogen) atoms. The fourth-order valence-electron chi connectivity index (χ4n) is 2.28. The van der Waals surface area contributed by atoms with Crippen LogP contribution in [-0.4, -0.2) is 20.9 Å². The van der Waals surface area contributed by atoms with Crippen LogP contribution in [-0.2, 0) is 10.3 Å².